The Hall–Kier alpha value is -1.66. The van der Waals surface area contributed by atoms with Crippen molar-refractivity contribution in [1.29, 1.82) is 0 Å². The van der Waals surface area contributed by atoms with E-state index >= 15 is 0 Å². The Balaban J connectivity index is 1.65. The van der Waals surface area contributed by atoms with Crippen LogP contribution < -0.4 is 5.32 Å². The second-order valence-corrected chi connectivity index (χ2v) is 5.72. The molecule has 3 rings (SSSR count). The Bertz CT molecular complexity index is 558. The number of likely N-dealkylation sites (tertiary alicyclic amines) is 1. The molecule has 0 bridgehead atoms. The zero-order chi connectivity index (χ0) is 15.6. The molecule has 1 aromatic carbocycles. The molecule has 2 aliphatic heterocycles. The molecule has 2 aliphatic rings. The SMILES string of the molecule is CCc1ccc(NC(=O)N2CCCC3(C2)OCCO3)cc1F. The first kappa shape index (κ1) is 15.2. The van der Waals surface area contributed by atoms with E-state index in [1.54, 1.807) is 17.0 Å². The van der Waals surface area contributed by atoms with Crippen molar-refractivity contribution in [2.24, 2.45) is 0 Å². The normalized spacial score (nSPS) is 20.4. The van der Waals surface area contributed by atoms with Crippen LogP contribution in [0.4, 0.5) is 14.9 Å². The van der Waals surface area contributed by atoms with Crippen LogP contribution in [0.25, 0.3) is 0 Å². The summed E-state index contributed by atoms with van der Waals surface area (Å²) in [6.07, 6.45) is 2.26. The summed E-state index contributed by atoms with van der Waals surface area (Å²) in [5, 5.41) is 2.75. The second-order valence-electron chi connectivity index (χ2n) is 5.72. The molecular formula is C16H21FN2O3. The molecule has 2 amide bonds. The number of urea groups is 1. The predicted octanol–water partition coefficient (Wildman–Crippen LogP) is 2.76. The lowest BCUT2D eigenvalue weighted by Crippen LogP contribution is -2.52. The second kappa shape index (κ2) is 6.22. The number of nitrogens with one attached hydrogen (secondary N) is 1. The van der Waals surface area contributed by atoms with Gasteiger partial charge in [0.2, 0.25) is 0 Å². The first-order valence-electron chi connectivity index (χ1n) is 7.74. The average Bonchev–Trinajstić information content (AvgIpc) is 2.95. The van der Waals surface area contributed by atoms with Crippen LogP contribution in [0.5, 0.6) is 0 Å². The molecule has 5 nitrogen and oxygen atoms in total. The van der Waals surface area contributed by atoms with E-state index in [4.69, 9.17) is 9.47 Å². The fraction of sp³-hybridized carbons (Fsp3) is 0.562. The van der Waals surface area contributed by atoms with E-state index in [9.17, 15) is 9.18 Å². The number of carbonyl (C=O) groups excluding carboxylic acids is 1. The molecule has 1 spiro atoms. The van der Waals surface area contributed by atoms with E-state index < -0.39 is 5.79 Å². The van der Waals surface area contributed by atoms with Crippen molar-refractivity contribution in [1.82, 2.24) is 4.90 Å². The third kappa shape index (κ3) is 3.08. The van der Waals surface area contributed by atoms with Crippen LogP contribution in [0, 0.1) is 5.82 Å². The molecule has 6 heteroatoms. The van der Waals surface area contributed by atoms with E-state index in [0.717, 1.165) is 12.8 Å². The quantitative estimate of drug-likeness (QED) is 0.914. The van der Waals surface area contributed by atoms with Crippen molar-refractivity contribution in [3.05, 3.63) is 29.6 Å². The number of ether oxygens (including phenoxy) is 2. The van der Waals surface area contributed by atoms with Gasteiger partial charge in [-0.1, -0.05) is 13.0 Å². The zero-order valence-corrected chi connectivity index (χ0v) is 12.7. The van der Waals surface area contributed by atoms with Gasteiger partial charge in [0.15, 0.2) is 5.79 Å². The van der Waals surface area contributed by atoms with E-state index in [2.05, 4.69) is 5.32 Å². The Labute approximate surface area is 129 Å². The Morgan fingerprint density at radius 3 is 2.86 bits per heavy atom. The third-order valence-electron chi connectivity index (χ3n) is 4.20. The van der Waals surface area contributed by atoms with Crippen LogP contribution in [0.2, 0.25) is 0 Å². The highest BCUT2D eigenvalue weighted by molar-refractivity contribution is 5.89. The maximum atomic E-state index is 13.8. The first-order chi connectivity index (χ1) is 10.6. The Morgan fingerprint density at radius 1 is 1.41 bits per heavy atom. The van der Waals surface area contributed by atoms with Gasteiger partial charge in [-0.15, -0.1) is 0 Å². The molecule has 2 saturated heterocycles. The van der Waals surface area contributed by atoms with E-state index in [1.165, 1.54) is 6.07 Å². The van der Waals surface area contributed by atoms with Crippen molar-refractivity contribution < 1.29 is 18.7 Å². The minimum Gasteiger partial charge on any atom is -0.346 e. The molecule has 120 valence electrons. The highest BCUT2D eigenvalue weighted by atomic mass is 19.1. The zero-order valence-electron chi connectivity index (χ0n) is 12.7. The monoisotopic (exact) mass is 308 g/mol. The molecule has 1 N–H and O–H groups in total. The van der Waals surface area contributed by atoms with Gasteiger partial charge < -0.3 is 19.7 Å². The number of aryl methyl sites for hydroxylation is 1. The molecule has 0 aliphatic carbocycles. The summed E-state index contributed by atoms with van der Waals surface area (Å²) in [4.78, 5) is 14.0. The van der Waals surface area contributed by atoms with Crippen molar-refractivity contribution in [2.75, 3.05) is 31.6 Å². The van der Waals surface area contributed by atoms with Crippen molar-refractivity contribution in [3.8, 4) is 0 Å². The summed E-state index contributed by atoms with van der Waals surface area (Å²) in [6, 6.07) is 4.54. The van der Waals surface area contributed by atoms with Gasteiger partial charge in [0, 0.05) is 18.7 Å². The molecule has 22 heavy (non-hydrogen) atoms. The number of hydrogen-bond acceptors (Lipinski definition) is 3. The standard InChI is InChI=1S/C16H21FN2O3/c1-2-12-4-5-13(10-14(12)17)18-15(20)19-7-3-6-16(11-19)21-8-9-22-16/h4-5,10H,2-3,6-9,11H2,1H3,(H,18,20). The number of piperidine rings is 1. The Morgan fingerprint density at radius 2 is 2.18 bits per heavy atom. The largest absolute Gasteiger partial charge is 0.346 e. The molecular weight excluding hydrogens is 287 g/mol. The minimum atomic E-state index is -0.646. The van der Waals surface area contributed by atoms with E-state index in [0.29, 0.717) is 44.0 Å². The third-order valence-corrected chi connectivity index (χ3v) is 4.20. The Kier molecular flexibility index (Phi) is 4.31. The van der Waals surface area contributed by atoms with Gasteiger partial charge in [-0.3, -0.25) is 0 Å². The smallest absolute Gasteiger partial charge is 0.322 e. The highest BCUT2D eigenvalue weighted by Crippen LogP contribution is 2.30. The maximum absolute atomic E-state index is 13.8. The maximum Gasteiger partial charge on any atom is 0.322 e. The van der Waals surface area contributed by atoms with Crippen LogP contribution in [0.15, 0.2) is 18.2 Å². The molecule has 1 aromatic rings. The minimum absolute atomic E-state index is 0.248. The van der Waals surface area contributed by atoms with Gasteiger partial charge in [0.05, 0.1) is 19.8 Å². The van der Waals surface area contributed by atoms with Crippen LogP contribution in [-0.2, 0) is 15.9 Å². The summed E-state index contributed by atoms with van der Waals surface area (Å²) >= 11 is 0. The van der Waals surface area contributed by atoms with E-state index in [1.807, 2.05) is 6.92 Å². The summed E-state index contributed by atoms with van der Waals surface area (Å²) in [5.74, 6) is -0.940. The highest BCUT2D eigenvalue weighted by Gasteiger charge is 2.42. The molecule has 0 atom stereocenters. The average molecular weight is 308 g/mol. The van der Waals surface area contributed by atoms with Gasteiger partial charge in [-0.25, -0.2) is 9.18 Å². The van der Waals surface area contributed by atoms with Crippen molar-refractivity contribution in [3.63, 3.8) is 0 Å². The number of halogens is 1. The lowest BCUT2D eigenvalue weighted by atomic mass is 10.1. The summed E-state index contributed by atoms with van der Waals surface area (Å²) in [6.45, 7) is 4.09. The van der Waals surface area contributed by atoms with E-state index in [-0.39, 0.29) is 11.8 Å². The van der Waals surface area contributed by atoms with Gasteiger partial charge in [0.25, 0.3) is 0 Å². The van der Waals surface area contributed by atoms with Crippen LogP contribution in [0.3, 0.4) is 0 Å². The fourth-order valence-corrected chi connectivity index (χ4v) is 3.01. The number of carbonyl (C=O) groups is 1. The molecule has 0 aromatic heterocycles. The lowest BCUT2D eigenvalue weighted by Gasteiger charge is -2.38. The molecule has 0 saturated carbocycles. The number of amides is 2. The van der Waals surface area contributed by atoms with Gasteiger partial charge in [0.1, 0.15) is 5.82 Å². The topological polar surface area (TPSA) is 50.8 Å². The summed E-state index contributed by atoms with van der Waals surface area (Å²) in [7, 11) is 0. The number of hydrogen-bond donors (Lipinski definition) is 1. The molecule has 0 radical (unpaired) electrons. The lowest BCUT2D eigenvalue weighted by molar-refractivity contribution is -0.182. The summed E-state index contributed by atoms with van der Waals surface area (Å²) < 4.78 is 25.1. The number of anilines is 1. The summed E-state index contributed by atoms with van der Waals surface area (Å²) in [5.41, 5.74) is 1.11. The fourth-order valence-electron chi connectivity index (χ4n) is 3.01. The first-order valence-corrected chi connectivity index (χ1v) is 7.74. The molecule has 2 fully saturated rings. The van der Waals surface area contributed by atoms with Crippen molar-refractivity contribution >= 4 is 11.7 Å². The predicted molar refractivity (Wildman–Crippen MR) is 80.2 cm³/mol. The number of nitrogens with zero attached hydrogens (tertiary/aromatic N) is 1. The van der Waals surface area contributed by atoms with Gasteiger partial charge in [-0.2, -0.15) is 0 Å². The number of rotatable bonds is 2. The van der Waals surface area contributed by atoms with Gasteiger partial charge >= 0.3 is 6.03 Å². The number of benzene rings is 1. The van der Waals surface area contributed by atoms with Gasteiger partial charge in [-0.05, 0) is 30.5 Å². The van der Waals surface area contributed by atoms with Crippen molar-refractivity contribution in [2.45, 2.75) is 32.0 Å². The van der Waals surface area contributed by atoms with Crippen LogP contribution >= 0.6 is 0 Å². The molecule has 0 unspecified atom stereocenters. The van der Waals surface area contributed by atoms with Crippen LogP contribution in [0.1, 0.15) is 25.3 Å². The van der Waals surface area contributed by atoms with Crippen LogP contribution in [-0.4, -0.2) is 43.0 Å². The molecule has 2 heterocycles.